The summed E-state index contributed by atoms with van der Waals surface area (Å²) in [6, 6.07) is 13.4. The molecular formula is C17H15N5O. The molecular weight excluding hydrogens is 290 g/mol. The summed E-state index contributed by atoms with van der Waals surface area (Å²) in [6.07, 6.45) is 1.70. The van der Waals surface area contributed by atoms with E-state index in [2.05, 4.69) is 15.0 Å². The van der Waals surface area contributed by atoms with Gasteiger partial charge >= 0.3 is 0 Å². The van der Waals surface area contributed by atoms with Crippen LogP contribution in [0.3, 0.4) is 0 Å². The van der Waals surface area contributed by atoms with Crippen molar-refractivity contribution in [3.63, 3.8) is 0 Å². The zero-order valence-corrected chi connectivity index (χ0v) is 12.5. The van der Waals surface area contributed by atoms with E-state index >= 15 is 0 Å². The molecule has 3 N–H and O–H groups in total. The molecule has 114 valence electrons. The molecule has 0 unspecified atom stereocenters. The number of rotatable bonds is 2. The maximum Gasteiger partial charge on any atom is 0.295 e. The van der Waals surface area contributed by atoms with E-state index in [0.29, 0.717) is 22.1 Å². The minimum absolute atomic E-state index is 0.0944. The lowest BCUT2D eigenvalue weighted by Gasteiger charge is -2.16. The standard InChI is InChI=1S/C17H15N5O/c1-10(11-6-3-2-4-7-11)22-15-13-12(8-5-9-19-13)20-16(18)14(15)21-17(22)23/h2-10H,1H3,(H2,18,20)(H,21,23)/t10-/m0/s1. The molecule has 3 heterocycles. The van der Waals surface area contributed by atoms with Gasteiger partial charge < -0.3 is 10.8 Å². The molecule has 0 aliphatic heterocycles. The third kappa shape index (κ3) is 1.99. The zero-order valence-electron chi connectivity index (χ0n) is 12.5. The van der Waals surface area contributed by atoms with Crippen molar-refractivity contribution in [2.24, 2.45) is 0 Å². The summed E-state index contributed by atoms with van der Waals surface area (Å²) < 4.78 is 1.75. The maximum atomic E-state index is 10.4. The van der Waals surface area contributed by atoms with Crippen LogP contribution in [0.15, 0.2) is 48.7 Å². The van der Waals surface area contributed by atoms with Gasteiger partial charge in [-0.05, 0) is 24.6 Å². The van der Waals surface area contributed by atoms with Crippen molar-refractivity contribution in [3.05, 3.63) is 54.2 Å². The first-order valence-electron chi connectivity index (χ1n) is 7.33. The van der Waals surface area contributed by atoms with Gasteiger partial charge in [0.15, 0.2) is 5.82 Å². The highest BCUT2D eigenvalue weighted by Crippen LogP contribution is 2.34. The Bertz CT molecular complexity index is 1010. The average Bonchev–Trinajstić information content (AvgIpc) is 2.93. The minimum atomic E-state index is -0.117. The molecule has 1 aromatic carbocycles. The zero-order chi connectivity index (χ0) is 16.0. The molecule has 0 fully saturated rings. The third-order valence-corrected chi connectivity index (χ3v) is 4.06. The molecule has 4 rings (SSSR count). The van der Waals surface area contributed by atoms with Crippen molar-refractivity contribution in [2.45, 2.75) is 13.0 Å². The Balaban J connectivity index is 2.09. The number of anilines is 1. The first kappa shape index (κ1) is 13.5. The quantitative estimate of drug-likeness (QED) is 0.594. The number of aromatic hydroxyl groups is 1. The summed E-state index contributed by atoms with van der Waals surface area (Å²) in [5.74, 6) is 0.287. The third-order valence-electron chi connectivity index (χ3n) is 4.06. The first-order valence-corrected chi connectivity index (χ1v) is 7.33. The Kier molecular flexibility index (Phi) is 2.90. The molecule has 0 aliphatic rings. The van der Waals surface area contributed by atoms with Crippen LogP contribution in [0.1, 0.15) is 18.5 Å². The Morgan fingerprint density at radius 3 is 2.61 bits per heavy atom. The number of hydrogen-bond acceptors (Lipinski definition) is 5. The van der Waals surface area contributed by atoms with Gasteiger partial charge in [-0.2, -0.15) is 4.98 Å². The normalized spacial score (nSPS) is 12.7. The molecule has 23 heavy (non-hydrogen) atoms. The van der Waals surface area contributed by atoms with Crippen LogP contribution >= 0.6 is 0 Å². The second-order valence-corrected chi connectivity index (χ2v) is 5.43. The van der Waals surface area contributed by atoms with Crippen molar-refractivity contribution in [3.8, 4) is 6.01 Å². The van der Waals surface area contributed by atoms with Crippen LogP contribution in [0.5, 0.6) is 6.01 Å². The highest BCUT2D eigenvalue weighted by Gasteiger charge is 2.21. The number of pyridine rings is 2. The van der Waals surface area contributed by atoms with Gasteiger partial charge in [-0.25, -0.2) is 4.98 Å². The largest absolute Gasteiger partial charge is 0.480 e. The van der Waals surface area contributed by atoms with Crippen molar-refractivity contribution >= 4 is 27.9 Å². The molecule has 6 nitrogen and oxygen atoms in total. The highest BCUT2D eigenvalue weighted by atomic mass is 16.3. The molecule has 4 aromatic rings. The lowest BCUT2D eigenvalue weighted by molar-refractivity contribution is 0.394. The van der Waals surface area contributed by atoms with Crippen LogP contribution in [-0.2, 0) is 0 Å². The molecule has 0 aliphatic carbocycles. The van der Waals surface area contributed by atoms with E-state index in [9.17, 15) is 5.11 Å². The molecule has 0 radical (unpaired) electrons. The minimum Gasteiger partial charge on any atom is -0.480 e. The Morgan fingerprint density at radius 1 is 1.04 bits per heavy atom. The molecule has 0 bridgehead atoms. The monoisotopic (exact) mass is 305 g/mol. The van der Waals surface area contributed by atoms with Crippen LogP contribution < -0.4 is 5.73 Å². The summed E-state index contributed by atoms with van der Waals surface area (Å²) in [7, 11) is 0. The van der Waals surface area contributed by atoms with Gasteiger partial charge in [0.05, 0.1) is 11.6 Å². The number of benzene rings is 1. The van der Waals surface area contributed by atoms with Crippen LogP contribution in [0, 0.1) is 0 Å². The number of nitrogens with two attached hydrogens (primary N) is 1. The van der Waals surface area contributed by atoms with E-state index in [1.165, 1.54) is 0 Å². The fraction of sp³-hybridized carbons (Fsp3) is 0.118. The summed E-state index contributed by atoms with van der Waals surface area (Å²) >= 11 is 0. The number of hydrogen-bond donors (Lipinski definition) is 2. The van der Waals surface area contributed by atoms with Crippen LogP contribution in [0.2, 0.25) is 0 Å². The fourth-order valence-corrected chi connectivity index (χ4v) is 2.93. The van der Waals surface area contributed by atoms with Gasteiger partial charge in [0.2, 0.25) is 0 Å². The first-order chi connectivity index (χ1) is 11.2. The van der Waals surface area contributed by atoms with Gasteiger partial charge in [0.1, 0.15) is 16.6 Å². The Hall–Kier alpha value is -3.15. The van der Waals surface area contributed by atoms with Gasteiger partial charge in [-0.3, -0.25) is 9.55 Å². The molecule has 0 saturated heterocycles. The van der Waals surface area contributed by atoms with Crippen molar-refractivity contribution in [1.82, 2.24) is 19.5 Å². The van der Waals surface area contributed by atoms with E-state index in [1.54, 1.807) is 10.8 Å². The Labute approximate surface area is 132 Å². The van der Waals surface area contributed by atoms with Crippen LogP contribution in [0.25, 0.3) is 22.1 Å². The highest BCUT2D eigenvalue weighted by molar-refractivity contribution is 6.04. The van der Waals surface area contributed by atoms with E-state index in [-0.39, 0.29) is 17.9 Å². The van der Waals surface area contributed by atoms with Crippen LogP contribution in [0.4, 0.5) is 5.82 Å². The lowest BCUT2D eigenvalue weighted by atomic mass is 10.1. The van der Waals surface area contributed by atoms with Crippen molar-refractivity contribution < 1.29 is 5.11 Å². The van der Waals surface area contributed by atoms with Gasteiger partial charge in [0, 0.05) is 6.20 Å². The number of fused-ring (bicyclic) bond motifs is 3. The summed E-state index contributed by atoms with van der Waals surface area (Å²) in [6.45, 7) is 2.00. The van der Waals surface area contributed by atoms with Crippen LogP contribution in [-0.4, -0.2) is 24.6 Å². The molecule has 1 atom stereocenters. The van der Waals surface area contributed by atoms with Crippen molar-refractivity contribution in [2.75, 3.05) is 5.73 Å². The molecule has 6 heteroatoms. The second-order valence-electron chi connectivity index (χ2n) is 5.43. The van der Waals surface area contributed by atoms with Gasteiger partial charge in [0.25, 0.3) is 6.01 Å². The predicted molar refractivity (Wildman–Crippen MR) is 89.2 cm³/mol. The number of nitrogen functional groups attached to an aromatic ring is 1. The van der Waals surface area contributed by atoms with Crippen molar-refractivity contribution in [1.29, 1.82) is 0 Å². The molecule has 0 saturated carbocycles. The predicted octanol–water partition coefficient (Wildman–Crippen LogP) is 2.88. The smallest absolute Gasteiger partial charge is 0.295 e. The number of nitrogens with zero attached hydrogens (tertiary/aromatic N) is 4. The van der Waals surface area contributed by atoms with Gasteiger partial charge in [-0.15, -0.1) is 0 Å². The summed E-state index contributed by atoms with van der Waals surface area (Å²) in [5.41, 5.74) is 9.59. The SMILES string of the molecule is C[C@@H](c1ccccc1)n1c(O)nc2c(N)nc3cccnc3c21. The average molecular weight is 305 g/mol. The summed E-state index contributed by atoms with van der Waals surface area (Å²) in [4.78, 5) is 12.9. The van der Waals surface area contributed by atoms with E-state index in [0.717, 1.165) is 5.56 Å². The second kappa shape index (κ2) is 4.95. The van der Waals surface area contributed by atoms with E-state index < -0.39 is 0 Å². The molecule has 3 aromatic heterocycles. The summed E-state index contributed by atoms with van der Waals surface area (Å²) in [5, 5.41) is 10.4. The maximum absolute atomic E-state index is 10.4. The van der Waals surface area contributed by atoms with Gasteiger partial charge in [-0.1, -0.05) is 30.3 Å². The number of imidazole rings is 1. The fourth-order valence-electron chi connectivity index (χ4n) is 2.93. The topological polar surface area (TPSA) is 89.8 Å². The Morgan fingerprint density at radius 2 is 1.83 bits per heavy atom. The molecule has 0 spiro atoms. The van der Waals surface area contributed by atoms with E-state index in [4.69, 9.17) is 5.73 Å². The van der Waals surface area contributed by atoms with E-state index in [1.807, 2.05) is 49.4 Å². The lowest BCUT2D eigenvalue weighted by Crippen LogP contribution is -2.07. The number of aromatic nitrogens is 4. The molecule has 0 amide bonds.